The molecule has 0 spiro atoms. The summed E-state index contributed by atoms with van der Waals surface area (Å²) in [6.07, 6.45) is 1.20. The summed E-state index contributed by atoms with van der Waals surface area (Å²) in [6.45, 7) is 3.15. The van der Waals surface area contributed by atoms with E-state index in [2.05, 4.69) is 10.6 Å². The fourth-order valence-corrected chi connectivity index (χ4v) is 2.47. The molecule has 128 valence electrons. The first kappa shape index (κ1) is 18.1. The molecule has 0 unspecified atom stereocenters. The van der Waals surface area contributed by atoms with Crippen LogP contribution in [0, 0.1) is 6.92 Å². The SMILES string of the molecule is COc1cccc(CCNC(=O)CCNc2ccc(C)c(Cl)c2)c1. The van der Waals surface area contributed by atoms with Crippen molar-refractivity contribution in [3.63, 3.8) is 0 Å². The predicted molar refractivity (Wildman–Crippen MR) is 99.0 cm³/mol. The maximum Gasteiger partial charge on any atom is 0.221 e. The fourth-order valence-electron chi connectivity index (χ4n) is 2.29. The largest absolute Gasteiger partial charge is 0.497 e. The Balaban J connectivity index is 1.67. The molecule has 2 rings (SSSR count). The maximum atomic E-state index is 11.9. The van der Waals surface area contributed by atoms with Gasteiger partial charge >= 0.3 is 0 Å². The molecule has 0 radical (unpaired) electrons. The third-order valence-electron chi connectivity index (χ3n) is 3.72. The Labute approximate surface area is 148 Å². The molecule has 2 N–H and O–H groups in total. The number of amides is 1. The third kappa shape index (κ3) is 5.78. The van der Waals surface area contributed by atoms with Gasteiger partial charge in [0.05, 0.1) is 7.11 Å². The number of ether oxygens (including phenoxy) is 1. The Morgan fingerprint density at radius 2 is 2.00 bits per heavy atom. The highest BCUT2D eigenvalue weighted by Gasteiger charge is 2.03. The molecule has 24 heavy (non-hydrogen) atoms. The molecule has 0 heterocycles. The minimum atomic E-state index is 0.0311. The first-order valence-electron chi connectivity index (χ1n) is 7.98. The summed E-state index contributed by atoms with van der Waals surface area (Å²) < 4.78 is 5.19. The summed E-state index contributed by atoms with van der Waals surface area (Å²) >= 11 is 6.08. The van der Waals surface area contributed by atoms with Crippen molar-refractivity contribution in [2.24, 2.45) is 0 Å². The lowest BCUT2D eigenvalue weighted by Gasteiger charge is -2.09. The number of anilines is 1. The molecule has 1 amide bonds. The highest BCUT2D eigenvalue weighted by atomic mass is 35.5. The van der Waals surface area contributed by atoms with Crippen molar-refractivity contribution < 1.29 is 9.53 Å². The van der Waals surface area contributed by atoms with Gasteiger partial charge in [-0.25, -0.2) is 0 Å². The van der Waals surface area contributed by atoms with Crippen LogP contribution >= 0.6 is 11.6 Å². The Kier molecular flexibility index (Phi) is 6.94. The van der Waals surface area contributed by atoms with Crippen molar-refractivity contribution in [3.8, 4) is 5.75 Å². The van der Waals surface area contributed by atoms with Crippen LogP contribution in [0.3, 0.4) is 0 Å². The number of hydrogen-bond donors (Lipinski definition) is 2. The summed E-state index contributed by atoms with van der Waals surface area (Å²) in [5.74, 6) is 0.864. The quantitative estimate of drug-likeness (QED) is 0.764. The van der Waals surface area contributed by atoms with Gasteiger partial charge in [-0.2, -0.15) is 0 Å². The number of aryl methyl sites for hydroxylation is 1. The average Bonchev–Trinajstić information content (AvgIpc) is 2.58. The monoisotopic (exact) mass is 346 g/mol. The molecule has 2 aromatic rings. The Morgan fingerprint density at radius 3 is 2.75 bits per heavy atom. The van der Waals surface area contributed by atoms with Gasteiger partial charge in [0.2, 0.25) is 5.91 Å². The first-order valence-corrected chi connectivity index (χ1v) is 8.36. The second kappa shape index (κ2) is 9.18. The smallest absolute Gasteiger partial charge is 0.221 e. The first-order chi connectivity index (χ1) is 11.6. The average molecular weight is 347 g/mol. The van der Waals surface area contributed by atoms with Crippen LogP contribution in [0.2, 0.25) is 5.02 Å². The number of hydrogen-bond acceptors (Lipinski definition) is 3. The van der Waals surface area contributed by atoms with Crippen LogP contribution in [-0.2, 0) is 11.2 Å². The van der Waals surface area contributed by atoms with Crippen molar-refractivity contribution in [1.29, 1.82) is 0 Å². The van der Waals surface area contributed by atoms with Crippen LogP contribution in [0.5, 0.6) is 5.75 Å². The van der Waals surface area contributed by atoms with Gasteiger partial charge in [-0.05, 0) is 48.7 Å². The number of rotatable bonds is 8. The van der Waals surface area contributed by atoms with E-state index >= 15 is 0 Å². The molecule has 4 nitrogen and oxygen atoms in total. The standard InChI is InChI=1S/C19H23ClN2O2/c1-14-6-7-16(13-18(14)20)21-11-9-19(23)22-10-8-15-4-3-5-17(12-15)24-2/h3-7,12-13,21H,8-11H2,1-2H3,(H,22,23). The number of halogens is 1. The number of methoxy groups -OCH3 is 1. The van der Waals surface area contributed by atoms with Crippen molar-refractivity contribution in [2.75, 3.05) is 25.5 Å². The zero-order valence-corrected chi connectivity index (χ0v) is 14.8. The van der Waals surface area contributed by atoms with Gasteiger partial charge in [-0.1, -0.05) is 29.8 Å². The summed E-state index contributed by atoms with van der Waals surface area (Å²) in [7, 11) is 1.65. The number of nitrogens with one attached hydrogen (secondary N) is 2. The summed E-state index contributed by atoms with van der Waals surface area (Å²) in [6, 6.07) is 13.7. The molecule has 5 heteroatoms. The Bertz CT molecular complexity index is 689. The number of carbonyl (C=O) groups excluding carboxylic acids is 1. The van der Waals surface area contributed by atoms with E-state index in [9.17, 15) is 4.79 Å². The van der Waals surface area contributed by atoms with Crippen LogP contribution < -0.4 is 15.4 Å². The second-order valence-electron chi connectivity index (χ2n) is 5.59. The number of benzene rings is 2. The molecular weight excluding hydrogens is 324 g/mol. The van der Waals surface area contributed by atoms with Gasteiger partial charge in [-0.3, -0.25) is 4.79 Å². The molecule has 0 aliphatic heterocycles. The molecule has 0 saturated heterocycles. The topological polar surface area (TPSA) is 50.4 Å². The third-order valence-corrected chi connectivity index (χ3v) is 4.13. The van der Waals surface area contributed by atoms with Gasteiger partial charge in [0.15, 0.2) is 0 Å². The molecule has 0 aliphatic carbocycles. The lowest BCUT2D eigenvalue weighted by atomic mass is 10.1. The van der Waals surface area contributed by atoms with Crippen LogP contribution in [-0.4, -0.2) is 26.1 Å². The zero-order valence-electron chi connectivity index (χ0n) is 14.1. The molecule has 0 bridgehead atoms. The van der Waals surface area contributed by atoms with Gasteiger partial charge in [0.1, 0.15) is 5.75 Å². The lowest BCUT2D eigenvalue weighted by molar-refractivity contribution is -0.120. The Hall–Kier alpha value is -2.20. The summed E-state index contributed by atoms with van der Waals surface area (Å²) in [5.41, 5.74) is 3.11. The van der Waals surface area contributed by atoms with E-state index in [4.69, 9.17) is 16.3 Å². The highest BCUT2D eigenvalue weighted by Crippen LogP contribution is 2.19. The normalized spacial score (nSPS) is 10.3. The van der Waals surface area contributed by atoms with Crippen LogP contribution in [0.15, 0.2) is 42.5 Å². The van der Waals surface area contributed by atoms with Crippen molar-refractivity contribution in [1.82, 2.24) is 5.32 Å². The molecule has 0 aliphatic rings. The van der Waals surface area contributed by atoms with Gasteiger partial charge in [0.25, 0.3) is 0 Å². The minimum Gasteiger partial charge on any atom is -0.497 e. The van der Waals surface area contributed by atoms with E-state index in [0.717, 1.165) is 34.0 Å². The predicted octanol–water partition coefficient (Wildman–Crippen LogP) is 3.82. The van der Waals surface area contributed by atoms with Gasteiger partial charge in [-0.15, -0.1) is 0 Å². The summed E-state index contributed by atoms with van der Waals surface area (Å²) in [5, 5.41) is 6.86. The molecule has 0 aromatic heterocycles. The maximum absolute atomic E-state index is 11.9. The van der Waals surface area contributed by atoms with Crippen molar-refractivity contribution >= 4 is 23.2 Å². The van der Waals surface area contributed by atoms with E-state index in [0.29, 0.717) is 19.5 Å². The van der Waals surface area contributed by atoms with Crippen LogP contribution in [0.25, 0.3) is 0 Å². The minimum absolute atomic E-state index is 0.0311. The van der Waals surface area contributed by atoms with Crippen LogP contribution in [0.4, 0.5) is 5.69 Å². The van der Waals surface area contributed by atoms with Crippen molar-refractivity contribution in [3.05, 3.63) is 58.6 Å². The fraction of sp³-hybridized carbons (Fsp3) is 0.316. The lowest BCUT2D eigenvalue weighted by Crippen LogP contribution is -2.27. The van der Waals surface area contributed by atoms with Gasteiger partial charge in [0, 0.05) is 30.2 Å². The zero-order chi connectivity index (χ0) is 17.4. The van der Waals surface area contributed by atoms with E-state index in [-0.39, 0.29) is 5.91 Å². The van der Waals surface area contributed by atoms with Crippen molar-refractivity contribution in [2.45, 2.75) is 19.8 Å². The Morgan fingerprint density at radius 1 is 1.17 bits per heavy atom. The second-order valence-corrected chi connectivity index (χ2v) is 6.00. The molecule has 2 aromatic carbocycles. The van der Waals surface area contributed by atoms with E-state index in [1.165, 1.54) is 0 Å². The van der Waals surface area contributed by atoms with Crippen LogP contribution in [0.1, 0.15) is 17.5 Å². The number of carbonyl (C=O) groups is 1. The summed E-state index contributed by atoms with van der Waals surface area (Å²) in [4.78, 5) is 11.9. The molecule has 0 atom stereocenters. The molecule has 0 saturated carbocycles. The van der Waals surface area contributed by atoms with E-state index < -0.39 is 0 Å². The van der Waals surface area contributed by atoms with Gasteiger partial charge < -0.3 is 15.4 Å². The highest BCUT2D eigenvalue weighted by molar-refractivity contribution is 6.31. The van der Waals surface area contributed by atoms with E-state index in [1.807, 2.05) is 49.4 Å². The molecule has 0 fully saturated rings. The molecular formula is C19H23ClN2O2. The van der Waals surface area contributed by atoms with E-state index in [1.54, 1.807) is 7.11 Å².